The lowest BCUT2D eigenvalue weighted by atomic mass is 10.0. The Balaban J connectivity index is 1.47. The highest BCUT2D eigenvalue weighted by Gasteiger charge is 2.29. The second kappa shape index (κ2) is 10.9. The van der Waals surface area contributed by atoms with Crippen molar-refractivity contribution in [2.45, 2.75) is 44.2 Å². The largest absolute Gasteiger partial charge is 0.497 e. The van der Waals surface area contributed by atoms with E-state index in [0.29, 0.717) is 49.2 Å². The number of likely N-dealkylation sites (tertiary alicyclic amines) is 1. The van der Waals surface area contributed by atoms with Crippen LogP contribution in [0.3, 0.4) is 0 Å². The zero-order chi connectivity index (χ0) is 22.2. The van der Waals surface area contributed by atoms with Crippen LogP contribution >= 0.6 is 0 Å². The summed E-state index contributed by atoms with van der Waals surface area (Å²) in [5, 5.41) is 2.93. The third-order valence-electron chi connectivity index (χ3n) is 5.70. The Bertz CT molecular complexity index is 905. The predicted molar refractivity (Wildman–Crippen MR) is 117 cm³/mol. The van der Waals surface area contributed by atoms with E-state index in [0.717, 1.165) is 12.8 Å². The first-order valence-corrected chi connectivity index (χ1v) is 10.7. The van der Waals surface area contributed by atoms with E-state index in [-0.39, 0.29) is 29.7 Å². The number of carbonyl (C=O) groups excluding carboxylic acids is 2. The molecule has 166 valence electrons. The fourth-order valence-corrected chi connectivity index (χ4v) is 3.95. The maximum absolute atomic E-state index is 13.8. The van der Waals surface area contributed by atoms with Gasteiger partial charge in [0.15, 0.2) is 0 Å². The fraction of sp³-hybridized carbons (Fsp3) is 0.417. The van der Waals surface area contributed by atoms with Crippen molar-refractivity contribution in [1.82, 2.24) is 10.2 Å². The number of methoxy groups -OCH3 is 1. The van der Waals surface area contributed by atoms with Crippen LogP contribution in [0.25, 0.3) is 0 Å². The predicted octanol–water partition coefficient (Wildman–Crippen LogP) is 2.91. The smallest absolute Gasteiger partial charge is 0.251 e. The molecule has 1 fully saturated rings. The normalized spacial score (nSPS) is 16.7. The molecule has 1 saturated heterocycles. The molecule has 7 heteroatoms. The zero-order valence-corrected chi connectivity index (χ0v) is 17.9. The van der Waals surface area contributed by atoms with Gasteiger partial charge in [0.1, 0.15) is 11.6 Å². The van der Waals surface area contributed by atoms with Gasteiger partial charge in [-0.15, -0.1) is 0 Å². The highest BCUT2D eigenvalue weighted by atomic mass is 19.1. The minimum absolute atomic E-state index is 0.0233. The summed E-state index contributed by atoms with van der Waals surface area (Å²) in [6.45, 7) is 1.09. The molecule has 0 aliphatic carbocycles. The number of rotatable bonds is 9. The first-order chi connectivity index (χ1) is 15.0. The summed E-state index contributed by atoms with van der Waals surface area (Å²) in [5.41, 5.74) is 7.23. The average Bonchev–Trinajstić information content (AvgIpc) is 3.26. The van der Waals surface area contributed by atoms with Gasteiger partial charge >= 0.3 is 0 Å². The Labute approximate surface area is 182 Å². The van der Waals surface area contributed by atoms with Crippen LogP contribution in [-0.2, 0) is 11.2 Å². The van der Waals surface area contributed by atoms with Crippen molar-refractivity contribution >= 4 is 11.8 Å². The van der Waals surface area contributed by atoms with E-state index in [1.165, 1.54) is 6.07 Å². The number of hydrogen-bond acceptors (Lipinski definition) is 4. The van der Waals surface area contributed by atoms with Crippen molar-refractivity contribution in [3.63, 3.8) is 0 Å². The topological polar surface area (TPSA) is 84.7 Å². The van der Waals surface area contributed by atoms with E-state index in [4.69, 9.17) is 10.5 Å². The lowest BCUT2D eigenvalue weighted by Gasteiger charge is -2.25. The molecule has 6 nitrogen and oxygen atoms in total. The van der Waals surface area contributed by atoms with Gasteiger partial charge in [-0.05, 0) is 55.5 Å². The minimum atomic E-state index is -0.283. The average molecular weight is 428 g/mol. The standard InChI is InChI=1S/C24H30FN3O3/c1-31-21-9-4-7-18(15-21)24(30)27-16-20-8-5-13-28(20)23(29)12-11-19(26)14-17-6-2-3-10-22(17)25/h2-4,6-7,9-10,15,19-20H,5,8,11-14,16,26H2,1H3,(H,27,30)/t19?,20-/m0/s1. The fourth-order valence-electron chi connectivity index (χ4n) is 3.95. The Morgan fingerprint density at radius 1 is 1.26 bits per heavy atom. The molecular formula is C24H30FN3O3. The molecule has 1 unspecified atom stereocenters. The number of nitrogens with zero attached hydrogens (tertiary/aromatic N) is 1. The van der Waals surface area contributed by atoms with Crippen molar-refractivity contribution < 1.29 is 18.7 Å². The third kappa shape index (κ3) is 6.28. The van der Waals surface area contributed by atoms with Crippen LogP contribution in [0.15, 0.2) is 48.5 Å². The van der Waals surface area contributed by atoms with E-state index >= 15 is 0 Å². The molecule has 1 heterocycles. The van der Waals surface area contributed by atoms with Gasteiger partial charge in [-0.1, -0.05) is 24.3 Å². The van der Waals surface area contributed by atoms with Gasteiger partial charge in [0.05, 0.1) is 7.11 Å². The van der Waals surface area contributed by atoms with Gasteiger partial charge < -0.3 is 20.7 Å². The van der Waals surface area contributed by atoms with Crippen molar-refractivity contribution in [1.29, 1.82) is 0 Å². The first-order valence-electron chi connectivity index (χ1n) is 10.7. The summed E-state index contributed by atoms with van der Waals surface area (Å²) >= 11 is 0. The molecule has 2 atom stereocenters. The number of amides is 2. The maximum atomic E-state index is 13.8. The van der Waals surface area contributed by atoms with Crippen LogP contribution in [-0.4, -0.2) is 49.0 Å². The first kappa shape index (κ1) is 22.7. The molecule has 0 bridgehead atoms. The summed E-state index contributed by atoms with van der Waals surface area (Å²) in [5.74, 6) is 0.194. The molecule has 0 radical (unpaired) electrons. The van der Waals surface area contributed by atoms with Gasteiger partial charge in [0.2, 0.25) is 5.91 Å². The summed E-state index contributed by atoms with van der Waals surface area (Å²) in [4.78, 5) is 27.0. The van der Waals surface area contributed by atoms with E-state index in [2.05, 4.69) is 5.32 Å². The molecule has 1 aliphatic rings. The maximum Gasteiger partial charge on any atom is 0.251 e. The summed E-state index contributed by atoms with van der Waals surface area (Å²) in [7, 11) is 1.56. The van der Waals surface area contributed by atoms with Gasteiger partial charge in [-0.25, -0.2) is 4.39 Å². The highest BCUT2D eigenvalue weighted by molar-refractivity contribution is 5.94. The Kier molecular flexibility index (Phi) is 8.00. The number of nitrogens with one attached hydrogen (secondary N) is 1. The van der Waals surface area contributed by atoms with E-state index in [1.807, 2.05) is 4.90 Å². The molecule has 31 heavy (non-hydrogen) atoms. The van der Waals surface area contributed by atoms with Gasteiger partial charge in [-0.3, -0.25) is 9.59 Å². The summed E-state index contributed by atoms with van der Waals surface area (Å²) < 4.78 is 18.9. The second-order valence-electron chi connectivity index (χ2n) is 7.92. The van der Waals surface area contributed by atoms with Crippen LogP contribution in [0.2, 0.25) is 0 Å². The Morgan fingerprint density at radius 2 is 2.06 bits per heavy atom. The number of hydrogen-bond donors (Lipinski definition) is 2. The van der Waals surface area contributed by atoms with E-state index in [9.17, 15) is 14.0 Å². The summed E-state index contributed by atoms with van der Waals surface area (Å²) in [6.07, 6.45) is 2.97. The van der Waals surface area contributed by atoms with Crippen molar-refractivity contribution in [3.8, 4) is 5.75 Å². The van der Waals surface area contributed by atoms with Crippen LogP contribution in [0.4, 0.5) is 4.39 Å². The lowest BCUT2D eigenvalue weighted by molar-refractivity contribution is -0.132. The molecule has 0 saturated carbocycles. The number of carbonyl (C=O) groups is 2. The number of ether oxygens (including phenoxy) is 1. The molecule has 2 aromatic rings. The van der Waals surface area contributed by atoms with Crippen LogP contribution < -0.4 is 15.8 Å². The number of benzene rings is 2. The van der Waals surface area contributed by atoms with Crippen LogP contribution in [0.5, 0.6) is 5.75 Å². The molecule has 2 aromatic carbocycles. The van der Waals surface area contributed by atoms with E-state index < -0.39 is 0 Å². The second-order valence-corrected chi connectivity index (χ2v) is 7.92. The number of nitrogens with two attached hydrogens (primary N) is 1. The quantitative estimate of drug-likeness (QED) is 0.645. The monoisotopic (exact) mass is 427 g/mol. The Hall–Kier alpha value is -2.93. The summed E-state index contributed by atoms with van der Waals surface area (Å²) in [6, 6.07) is 13.2. The number of halogens is 1. The Morgan fingerprint density at radius 3 is 2.84 bits per heavy atom. The lowest BCUT2D eigenvalue weighted by Crippen LogP contribution is -2.43. The highest BCUT2D eigenvalue weighted by Crippen LogP contribution is 2.20. The zero-order valence-electron chi connectivity index (χ0n) is 17.9. The molecule has 1 aliphatic heterocycles. The molecular weight excluding hydrogens is 397 g/mol. The SMILES string of the molecule is COc1cccc(C(=O)NC[C@@H]2CCCN2C(=O)CCC(N)Cc2ccccc2F)c1. The molecule has 0 aromatic heterocycles. The minimum Gasteiger partial charge on any atom is -0.497 e. The van der Waals surface area contributed by atoms with Gasteiger partial charge in [0, 0.05) is 37.2 Å². The molecule has 3 rings (SSSR count). The molecule has 2 amide bonds. The van der Waals surface area contributed by atoms with Gasteiger partial charge in [0.25, 0.3) is 5.91 Å². The van der Waals surface area contributed by atoms with Gasteiger partial charge in [-0.2, -0.15) is 0 Å². The van der Waals surface area contributed by atoms with Crippen molar-refractivity contribution in [2.75, 3.05) is 20.2 Å². The van der Waals surface area contributed by atoms with Crippen molar-refractivity contribution in [3.05, 3.63) is 65.5 Å². The molecule has 0 spiro atoms. The van der Waals surface area contributed by atoms with Crippen molar-refractivity contribution in [2.24, 2.45) is 5.73 Å². The van der Waals surface area contributed by atoms with E-state index in [1.54, 1.807) is 49.6 Å². The third-order valence-corrected chi connectivity index (χ3v) is 5.70. The van der Waals surface area contributed by atoms with Crippen LogP contribution in [0.1, 0.15) is 41.6 Å². The molecule has 3 N–H and O–H groups in total. The van der Waals surface area contributed by atoms with Crippen LogP contribution in [0, 0.1) is 5.82 Å².